The van der Waals surface area contributed by atoms with Crippen molar-refractivity contribution in [1.29, 1.82) is 0 Å². The van der Waals surface area contributed by atoms with Gasteiger partial charge in [0.05, 0.1) is 10.9 Å². The zero-order chi connectivity index (χ0) is 14.9. The molecule has 4 rings (SSSR count). The molecule has 106 valence electrons. The van der Waals surface area contributed by atoms with Crippen LogP contribution >= 0.6 is 0 Å². The van der Waals surface area contributed by atoms with E-state index < -0.39 is 0 Å². The maximum Gasteiger partial charge on any atom is 0.266 e. The van der Waals surface area contributed by atoms with E-state index in [4.69, 9.17) is 0 Å². The van der Waals surface area contributed by atoms with Gasteiger partial charge in [-0.15, -0.1) is 0 Å². The van der Waals surface area contributed by atoms with Crippen molar-refractivity contribution in [3.8, 4) is 0 Å². The molecule has 0 aliphatic rings. The first-order valence-electron chi connectivity index (χ1n) is 6.91. The molecule has 1 N–H and O–H groups in total. The van der Waals surface area contributed by atoms with E-state index >= 15 is 0 Å². The van der Waals surface area contributed by atoms with Gasteiger partial charge < -0.3 is 5.32 Å². The van der Waals surface area contributed by atoms with Gasteiger partial charge in [0.25, 0.3) is 5.56 Å². The Kier molecular flexibility index (Phi) is 2.83. The van der Waals surface area contributed by atoms with Crippen LogP contribution in [-0.4, -0.2) is 14.4 Å². The molecule has 4 aromatic rings. The molecule has 2 heterocycles. The van der Waals surface area contributed by atoms with Crippen molar-refractivity contribution in [1.82, 2.24) is 14.4 Å². The van der Waals surface area contributed by atoms with Crippen LogP contribution in [-0.2, 0) is 0 Å². The molecule has 0 bridgehead atoms. The minimum absolute atomic E-state index is 0.112. The van der Waals surface area contributed by atoms with Crippen LogP contribution in [0.2, 0.25) is 0 Å². The van der Waals surface area contributed by atoms with E-state index in [9.17, 15) is 4.79 Å². The predicted octanol–water partition coefficient (Wildman–Crippen LogP) is 2.99. The predicted molar refractivity (Wildman–Crippen MR) is 86.5 cm³/mol. The number of nitrogens with one attached hydrogen (secondary N) is 1. The van der Waals surface area contributed by atoms with Gasteiger partial charge in [0.2, 0.25) is 5.78 Å². The molecule has 5 nitrogen and oxygen atoms in total. The van der Waals surface area contributed by atoms with Gasteiger partial charge in [0, 0.05) is 11.9 Å². The second-order valence-electron chi connectivity index (χ2n) is 4.91. The van der Waals surface area contributed by atoms with E-state index in [-0.39, 0.29) is 5.56 Å². The molecule has 0 atom stereocenters. The molecule has 5 heteroatoms. The number of hydrogen-bond acceptors (Lipinski definition) is 4. The van der Waals surface area contributed by atoms with E-state index in [1.54, 1.807) is 18.3 Å². The molecule has 0 fully saturated rings. The number of fused-ring (bicyclic) bond motifs is 2. The van der Waals surface area contributed by atoms with E-state index in [1.807, 2.05) is 48.5 Å². The van der Waals surface area contributed by atoms with Crippen LogP contribution in [0.15, 0.2) is 71.7 Å². The molecule has 0 spiro atoms. The van der Waals surface area contributed by atoms with Crippen molar-refractivity contribution in [2.45, 2.75) is 0 Å². The quantitative estimate of drug-likeness (QED) is 0.576. The number of para-hydroxylation sites is 2. The summed E-state index contributed by atoms with van der Waals surface area (Å²) in [6.07, 6.45) is 1.69. The number of benzene rings is 2. The Hall–Kier alpha value is -3.21. The van der Waals surface area contributed by atoms with Crippen LogP contribution in [0, 0.1) is 0 Å². The van der Waals surface area contributed by atoms with Gasteiger partial charge in [-0.05, 0) is 30.3 Å². The van der Waals surface area contributed by atoms with E-state index in [0.717, 1.165) is 5.69 Å². The van der Waals surface area contributed by atoms with Gasteiger partial charge in [-0.1, -0.05) is 30.3 Å². The zero-order valence-corrected chi connectivity index (χ0v) is 11.6. The lowest BCUT2D eigenvalue weighted by atomic mass is 10.2. The lowest BCUT2D eigenvalue weighted by Crippen LogP contribution is -2.16. The lowest BCUT2D eigenvalue weighted by molar-refractivity contribution is 1.03. The summed E-state index contributed by atoms with van der Waals surface area (Å²) >= 11 is 0. The summed E-state index contributed by atoms with van der Waals surface area (Å²) in [6.45, 7) is 0. The van der Waals surface area contributed by atoms with E-state index in [2.05, 4.69) is 15.3 Å². The van der Waals surface area contributed by atoms with Crippen molar-refractivity contribution in [3.05, 3.63) is 77.2 Å². The molecule has 2 aromatic carbocycles. The second kappa shape index (κ2) is 4.96. The summed E-state index contributed by atoms with van der Waals surface area (Å²) in [5, 5.41) is 3.79. The third-order valence-electron chi connectivity index (χ3n) is 3.44. The van der Waals surface area contributed by atoms with Crippen molar-refractivity contribution in [2.75, 3.05) is 5.32 Å². The Morgan fingerprint density at radius 1 is 0.864 bits per heavy atom. The van der Waals surface area contributed by atoms with Gasteiger partial charge >= 0.3 is 0 Å². The largest absolute Gasteiger partial charge is 0.340 e. The van der Waals surface area contributed by atoms with Gasteiger partial charge in [0.15, 0.2) is 0 Å². The Labute approximate surface area is 125 Å². The average Bonchev–Trinajstić information content (AvgIpc) is 2.56. The second-order valence-corrected chi connectivity index (χ2v) is 4.91. The summed E-state index contributed by atoms with van der Waals surface area (Å²) in [6, 6.07) is 18.8. The molecule has 22 heavy (non-hydrogen) atoms. The van der Waals surface area contributed by atoms with Crippen LogP contribution in [0.5, 0.6) is 0 Å². The molecule has 0 unspecified atom stereocenters. The maximum absolute atomic E-state index is 12.4. The van der Waals surface area contributed by atoms with Crippen LogP contribution in [0.4, 0.5) is 11.5 Å². The molecule has 0 amide bonds. The molecular weight excluding hydrogens is 276 g/mol. The first-order valence-corrected chi connectivity index (χ1v) is 6.91. The molecule has 2 aromatic heterocycles. The normalized spacial score (nSPS) is 10.9. The van der Waals surface area contributed by atoms with Crippen molar-refractivity contribution in [3.63, 3.8) is 0 Å². The summed E-state index contributed by atoms with van der Waals surface area (Å²) < 4.78 is 1.46. The van der Waals surface area contributed by atoms with Crippen molar-refractivity contribution in [2.24, 2.45) is 0 Å². The zero-order valence-electron chi connectivity index (χ0n) is 11.6. The minimum Gasteiger partial charge on any atom is -0.340 e. The molecule has 0 aliphatic carbocycles. The van der Waals surface area contributed by atoms with Gasteiger partial charge in [-0.25, -0.2) is 4.98 Å². The number of rotatable bonds is 2. The number of nitrogens with zero attached hydrogens (tertiary/aromatic N) is 3. The van der Waals surface area contributed by atoms with Gasteiger partial charge in [-0.2, -0.15) is 4.98 Å². The Balaban J connectivity index is 1.87. The number of aromatic nitrogens is 3. The molecule has 0 aliphatic heterocycles. The highest BCUT2D eigenvalue weighted by Crippen LogP contribution is 2.14. The maximum atomic E-state index is 12.4. The standard InChI is InChI=1S/C17H12N4O/c22-16-13-8-4-5-9-14(13)19-17-20-15(10-11-21(16)17)18-12-6-2-1-3-7-12/h1-11H,(H,18,19,20). The third kappa shape index (κ3) is 2.09. The fourth-order valence-electron chi connectivity index (χ4n) is 2.38. The fraction of sp³-hybridized carbons (Fsp3) is 0. The summed E-state index contributed by atoms with van der Waals surface area (Å²) in [4.78, 5) is 21.3. The third-order valence-corrected chi connectivity index (χ3v) is 3.44. The van der Waals surface area contributed by atoms with Gasteiger partial charge in [0.1, 0.15) is 5.82 Å². The topological polar surface area (TPSA) is 59.3 Å². The molecule has 0 radical (unpaired) electrons. The fourth-order valence-corrected chi connectivity index (χ4v) is 2.38. The molecule has 0 saturated heterocycles. The number of hydrogen-bond donors (Lipinski definition) is 1. The monoisotopic (exact) mass is 288 g/mol. The molecule has 0 saturated carbocycles. The lowest BCUT2D eigenvalue weighted by Gasteiger charge is -2.07. The minimum atomic E-state index is -0.112. The first-order chi connectivity index (χ1) is 10.8. The highest BCUT2D eigenvalue weighted by atomic mass is 16.1. The SMILES string of the molecule is O=c1c2ccccc2nc2nc(Nc3ccccc3)ccn12. The van der Waals surface area contributed by atoms with Crippen molar-refractivity contribution >= 4 is 28.2 Å². The first kappa shape index (κ1) is 12.5. The van der Waals surface area contributed by atoms with E-state index in [0.29, 0.717) is 22.5 Å². The number of anilines is 2. The summed E-state index contributed by atoms with van der Waals surface area (Å²) in [7, 11) is 0. The van der Waals surface area contributed by atoms with Crippen molar-refractivity contribution < 1.29 is 0 Å². The van der Waals surface area contributed by atoms with Crippen LogP contribution < -0.4 is 10.9 Å². The van der Waals surface area contributed by atoms with Crippen LogP contribution in [0.1, 0.15) is 0 Å². The smallest absolute Gasteiger partial charge is 0.266 e. The summed E-state index contributed by atoms with van der Waals surface area (Å²) in [5.74, 6) is 1.03. The Bertz CT molecular complexity index is 1020. The van der Waals surface area contributed by atoms with Gasteiger partial charge in [-0.3, -0.25) is 9.20 Å². The highest BCUT2D eigenvalue weighted by molar-refractivity contribution is 5.79. The van der Waals surface area contributed by atoms with Crippen LogP contribution in [0.3, 0.4) is 0 Å². The highest BCUT2D eigenvalue weighted by Gasteiger charge is 2.06. The van der Waals surface area contributed by atoms with Crippen LogP contribution in [0.25, 0.3) is 16.7 Å². The van der Waals surface area contributed by atoms with E-state index in [1.165, 1.54) is 4.40 Å². The molecular formula is C17H12N4O. The Morgan fingerprint density at radius 3 is 2.50 bits per heavy atom. The average molecular weight is 288 g/mol. The summed E-state index contributed by atoms with van der Waals surface area (Å²) in [5.41, 5.74) is 1.47. The Morgan fingerprint density at radius 2 is 1.64 bits per heavy atom.